The Morgan fingerprint density at radius 1 is 0.763 bits per heavy atom. The van der Waals surface area contributed by atoms with E-state index < -0.39 is 0 Å². The maximum Gasteiger partial charge on any atom is 0.155 e. The SMILES string of the molecule is CC(=O)/C=C(/C)O.O=C1c2ccccc2-c2cc(-c3cc4c5c(cccc5n3)-c3ccccc3-4)[c-]cc21.[Ir]. The Hall–Kier alpha value is -4.18. The van der Waals surface area contributed by atoms with Crippen molar-refractivity contribution >= 4 is 22.5 Å². The number of benzene rings is 4. The van der Waals surface area contributed by atoms with Crippen LogP contribution < -0.4 is 0 Å². The molecule has 4 aromatic carbocycles. The summed E-state index contributed by atoms with van der Waals surface area (Å²) < 4.78 is 0. The van der Waals surface area contributed by atoms with Crippen LogP contribution in [0.15, 0.2) is 96.8 Å². The van der Waals surface area contributed by atoms with Gasteiger partial charge >= 0.3 is 0 Å². The predicted octanol–water partition coefficient (Wildman–Crippen LogP) is 7.60. The minimum atomic E-state index is -0.125. The van der Waals surface area contributed by atoms with Crippen LogP contribution in [0.1, 0.15) is 29.8 Å². The molecule has 5 aromatic rings. The summed E-state index contributed by atoms with van der Waals surface area (Å²) in [5, 5.41) is 9.58. The molecule has 1 N–H and O–H groups in total. The molecule has 38 heavy (non-hydrogen) atoms. The molecule has 5 heteroatoms. The largest absolute Gasteiger partial charge is 0.512 e. The Morgan fingerprint density at radius 2 is 1.37 bits per heavy atom. The van der Waals surface area contributed by atoms with Crippen molar-refractivity contribution in [3.8, 4) is 44.6 Å². The van der Waals surface area contributed by atoms with E-state index in [0.717, 1.165) is 39.0 Å². The number of allylic oxidation sites excluding steroid dienone is 2. The molecule has 0 unspecified atom stereocenters. The van der Waals surface area contributed by atoms with Gasteiger partial charge in [-0.1, -0.05) is 77.9 Å². The molecule has 0 bridgehead atoms. The number of rotatable bonds is 2. The summed E-state index contributed by atoms with van der Waals surface area (Å²) in [5.41, 5.74) is 11.2. The van der Waals surface area contributed by atoms with Crippen molar-refractivity contribution in [1.29, 1.82) is 0 Å². The average molecular weight is 673 g/mol. The quantitative estimate of drug-likeness (QED) is 0.117. The second-order valence-corrected chi connectivity index (χ2v) is 9.25. The first kappa shape index (κ1) is 25.5. The van der Waals surface area contributed by atoms with Crippen LogP contribution in [0.4, 0.5) is 0 Å². The van der Waals surface area contributed by atoms with E-state index in [1.807, 2.05) is 30.3 Å². The molecular formula is C33H22IrNO3-. The van der Waals surface area contributed by atoms with Crippen LogP contribution in [0.25, 0.3) is 55.5 Å². The second-order valence-electron chi connectivity index (χ2n) is 9.25. The fraction of sp³-hybridized carbons (Fsp3) is 0.0606. The van der Waals surface area contributed by atoms with Gasteiger partial charge in [0.25, 0.3) is 0 Å². The zero-order chi connectivity index (χ0) is 25.7. The third-order valence-electron chi connectivity index (χ3n) is 6.69. The molecule has 187 valence electrons. The Kier molecular flexibility index (Phi) is 6.66. The molecule has 2 aliphatic rings. The summed E-state index contributed by atoms with van der Waals surface area (Å²) in [6, 6.07) is 32.0. The van der Waals surface area contributed by atoms with Gasteiger partial charge in [-0.05, 0) is 53.4 Å². The van der Waals surface area contributed by atoms with Crippen molar-refractivity contribution in [1.82, 2.24) is 4.98 Å². The van der Waals surface area contributed by atoms with E-state index in [4.69, 9.17) is 10.1 Å². The molecular weight excluding hydrogens is 651 g/mol. The number of pyridine rings is 1. The number of hydrogen-bond acceptors (Lipinski definition) is 4. The summed E-state index contributed by atoms with van der Waals surface area (Å²) in [7, 11) is 0. The van der Waals surface area contributed by atoms with Crippen molar-refractivity contribution < 1.29 is 34.8 Å². The number of hydrogen-bond donors (Lipinski definition) is 1. The minimum absolute atomic E-state index is 0. The zero-order valence-corrected chi connectivity index (χ0v) is 23.1. The standard InChI is InChI=1S/C28H14NO.C5H8O2.Ir/c30-28-21-9-4-3-8-19(21)23-14-16(12-13-22(23)28)26-15-24-18-7-2-1-6-17(18)20-10-5-11-25(29-26)27(20)24;1-4(6)3-5(2)7;/h1-11,13-15H;3,6H,1-2H3;/q-1;;/b;4-3-;. The van der Waals surface area contributed by atoms with E-state index in [1.54, 1.807) is 0 Å². The van der Waals surface area contributed by atoms with E-state index in [-0.39, 0.29) is 37.4 Å². The third kappa shape index (κ3) is 4.20. The van der Waals surface area contributed by atoms with Crippen molar-refractivity contribution in [2.45, 2.75) is 13.8 Å². The van der Waals surface area contributed by atoms with Gasteiger partial charge in [-0.25, -0.2) is 0 Å². The van der Waals surface area contributed by atoms with Gasteiger partial charge in [0.2, 0.25) is 0 Å². The van der Waals surface area contributed by atoms with Crippen LogP contribution in [-0.2, 0) is 24.9 Å². The van der Waals surface area contributed by atoms with Crippen LogP contribution >= 0.6 is 0 Å². The first-order valence-electron chi connectivity index (χ1n) is 12.0. The topological polar surface area (TPSA) is 67.3 Å². The van der Waals surface area contributed by atoms with Crippen LogP contribution in [-0.4, -0.2) is 21.7 Å². The van der Waals surface area contributed by atoms with Gasteiger partial charge in [0.15, 0.2) is 11.6 Å². The number of carbonyl (C=O) groups excluding carboxylic acids is 2. The number of fused-ring (bicyclic) bond motifs is 6. The third-order valence-corrected chi connectivity index (χ3v) is 6.69. The van der Waals surface area contributed by atoms with E-state index in [1.165, 1.54) is 47.6 Å². The van der Waals surface area contributed by atoms with Gasteiger partial charge in [0.1, 0.15) is 0 Å². The van der Waals surface area contributed by atoms with Crippen LogP contribution in [0.5, 0.6) is 0 Å². The zero-order valence-electron chi connectivity index (χ0n) is 20.7. The Balaban J connectivity index is 0.000000329. The summed E-state index contributed by atoms with van der Waals surface area (Å²) in [6.07, 6.45) is 1.17. The first-order chi connectivity index (χ1) is 17.9. The molecule has 0 atom stereocenters. The van der Waals surface area contributed by atoms with Crippen molar-refractivity contribution in [2.24, 2.45) is 0 Å². The van der Waals surface area contributed by atoms with Gasteiger partial charge in [-0.2, -0.15) is 0 Å². The van der Waals surface area contributed by atoms with Gasteiger partial charge in [0.05, 0.1) is 11.3 Å². The molecule has 2 aliphatic carbocycles. The molecule has 0 amide bonds. The monoisotopic (exact) mass is 673 g/mol. The maximum absolute atomic E-state index is 12.7. The summed E-state index contributed by atoms with van der Waals surface area (Å²) in [5.74, 6) is 0.0135. The molecule has 1 aromatic heterocycles. The molecule has 0 spiro atoms. The van der Waals surface area contributed by atoms with E-state index in [2.05, 4.69) is 60.7 Å². The number of carbonyl (C=O) groups is 2. The fourth-order valence-corrected chi connectivity index (χ4v) is 5.22. The van der Waals surface area contributed by atoms with Crippen LogP contribution in [0.2, 0.25) is 0 Å². The maximum atomic E-state index is 12.7. The van der Waals surface area contributed by atoms with Gasteiger partial charge in [-0.15, -0.1) is 23.8 Å². The average Bonchev–Trinajstić information content (AvgIpc) is 3.37. The molecule has 0 fully saturated rings. The van der Waals surface area contributed by atoms with Crippen molar-refractivity contribution in [3.63, 3.8) is 0 Å². The molecule has 0 aliphatic heterocycles. The van der Waals surface area contributed by atoms with Crippen LogP contribution in [0.3, 0.4) is 0 Å². The fourth-order valence-electron chi connectivity index (χ4n) is 5.22. The second kappa shape index (κ2) is 9.94. The molecule has 0 saturated heterocycles. The van der Waals surface area contributed by atoms with Gasteiger partial charge in [0, 0.05) is 37.1 Å². The van der Waals surface area contributed by atoms with E-state index >= 15 is 0 Å². The number of aliphatic hydroxyl groups is 1. The summed E-state index contributed by atoms with van der Waals surface area (Å²) in [6.45, 7) is 2.85. The Labute approximate surface area is 234 Å². The molecule has 4 nitrogen and oxygen atoms in total. The van der Waals surface area contributed by atoms with Gasteiger partial charge in [-0.3, -0.25) is 14.6 Å². The molecule has 7 rings (SSSR count). The normalized spacial score (nSPS) is 12.2. The molecule has 1 heterocycles. The van der Waals surface area contributed by atoms with Crippen molar-refractivity contribution in [3.05, 3.63) is 114 Å². The number of aliphatic hydroxyl groups excluding tert-OH is 1. The smallest absolute Gasteiger partial charge is 0.155 e. The Bertz CT molecular complexity index is 1800. The first-order valence-corrected chi connectivity index (χ1v) is 12.0. The Morgan fingerprint density at radius 3 is 2.00 bits per heavy atom. The number of ketones is 2. The summed E-state index contributed by atoms with van der Waals surface area (Å²) in [4.78, 5) is 27.7. The molecule has 1 radical (unpaired) electrons. The number of nitrogens with zero attached hydrogens (tertiary/aromatic N) is 1. The van der Waals surface area contributed by atoms with Crippen molar-refractivity contribution in [2.75, 3.05) is 0 Å². The summed E-state index contributed by atoms with van der Waals surface area (Å²) >= 11 is 0. The van der Waals surface area contributed by atoms with Gasteiger partial charge < -0.3 is 5.11 Å². The van der Waals surface area contributed by atoms with E-state index in [9.17, 15) is 9.59 Å². The number of aromatic nitrogens is 1. The minimum Gasteiger partial charge on any atom is -0.512 e. The van der Waals surface area contributed by atoms with E-state index in [0.29, 0.717) is 0 Å². The predicted molar refractivity (Wildman–Crippen MR) is 146 cm³/mol. The molecule has 0 saturated carbocycles. The van der Waals surface area contributed by atoms with Crippen LogP contribution in [0, 0.1) is 6.07 Å².